The Hall–Kier alpha value is -2.93. The van der Waals surface area contributed by atoms with Crippen LogP contribution in [0.2, 0.25) is 5.15 Å². The molecular weight excluding hydrogens is 330 g/mol. The lowest BCUT2D eigenvalue weighted by Crippen LogP contribution is -2.18. The molecule has 3 aromatic rings. The Kier molecular flexibility index (Phi) is 4.43. The summed E-state index contributed by atoms with van der Waals surface area (Å²) in [6, 6.07) is 6.84. The fourth-order valence-electron chi connectivity index (χ4n) is 2.11. The smallest absolute Gasteiger partial charge is 0.277 e. The summed E-state index contributed by atoms with van der Waals surface area (Å²) in [7, 11) is 1.81. The number of nitrogens with zero attached hydrogens (tertiary/aromatic N) is 4. The summed E-state index contributed by atoms with van der Waals surface area (Å²) in [6.45, 7) is 1.72. The summed E-state index contributed by atoms with van der Waals surface area (Å²) in [5.74, 6) is 0.184. The largest absolute Gasteiger partial charge is 0.361 e. The second kappa shape index (κ2) is 6.67. The van der Waals surface area contributed by atoms with Gasteiger partial charge in [0.15, 0.2) is 5.69 Å². The van der Waals surface area contributed by atoms with Crippen LogP contribution in [0.15, 0.2) is 47.4 Å². The van der Waals surface area contributed by atoms with Gasteiger partial charge in [-0.2, -0.15) is 5.10 Å². The first-order chi connectivity index (χ1) is 11.5. The van der Waals surface area contributed by atoms with Gasteiger partial charge in [-0.1, -0.05) is 22.8 Å². The number of hydrogen-bond donors (Lipinski definition) is 1. The van der Waals surface area contributed by atoms with Crippen LogP contribution in [-0.2, 0) is 7.05 Å². The van der Waals surface area contributed by atoms with Crippen molar-refractivity contribution < 1.29 is 9.32 Å². The minimum absolute atomic E-state index is 0.202. The Morgan fingerprint density at radius 3 is 2.83 bits per heavy atom. The van der Waals surface area contributed by atoms with Gasteiger partial charge in [0.25, 0.3) is 5.91 Å². The minimum atomic E-state index is -0.379. The fourth-order valence-corrected chi connectivity index (χ4v) is 2.27. The summed E-state index contributed by atoms with van der Waals surface area (Å²) >= 11 is 5.97. The zero-order chi connectivity index (χ0) is 17.1. The molecule has 1 N–H and O–H groups in total. The maximum Gasteiger partial charge on any atom is 0.277 e. The van der Waals surface area contributed by atoms with Crippen molar-refractivity contribution in [3.8, 4) is 0 Å². The summed E-state index contributed by atoms with van der Waals surface area (Å²) in [6.07, 6.45) is 5.06. The molecule has 0 radical (unpaired) electrons. The molecule has 0 aliphatic rings. The van der Waals surface area contributed by atoms with Crippen molar-refractivity contribution in [1.82, 2.24) is 25.2 Å². The molecule has 8 heteroatoms. The van der Waals surface area contributed by atoms with Gasteiger partial charge in [0.2, 0.25) is 0 Å². The number of rotatable bonds is 4. The van der Waals surface area contributed by atoms with Crippen LogP contribution in [0.5, 0.6) is 0 Å². The van der Waals surface area contributed by atoms with E-state index in [2.05, 4.69) is 20.6 Å². The van der Waals surface area contributed by atoms with Crippen LogP contribution in [0, 0.1) is 6.92 Å². The number of pyridine rings is 1. The van der Waals surface area contributed by atoms with E-state index in [4.69, 9.17) is 16.1 Å². The fraction of sp³-hybridized carbons (Fsp3) is 0.125. The van der Waals surface area contributed by atoms with Crippen molar-refractivity contribution in [2.75, 3.05) is 0 Å². The van der Waals surface area contributed by atoms with Crippen LogP contribution in [0.25, 0.3) is 5.57 Å². The number of aromatic nitrogens is 4. The van der Waals surface area contributed by atoms with Crippen LogP contribution in [-0.4, -0.2) is 25.8 Å². The average molecular weight is 344 g/mol. The molecule has 0 saturated heterocycles. The molecule has 0 fully saturated rings. The minimum Gasteiger partial charge on any atom is -0.361 e. The molecule has 0 atom stereocenters. The first-order valence-corrected chi connectivity index (χ1v) is 7.47. The van der Waals surface area contributed by atoms with Crippen LogP contribution in [0.1, 0.15) is 27.5 Å². The normalized spacial score (nSPS) is 11.5. The number of nitrogens with one attached hydrogen (secondary N) is 1. The Balaban J connectivity index is 1.93. The van der Waals surface area contributed by atoms with Crippen LogP contribution in [0.4, 0.5) is 0 Å². The van der Waals surface area contributed by atoms with Gasteiger partial charge in [-0.15, -0.1) is 0 Å². The van der Waals surface area contributed by atoms with Crippen molar-refractivity contribution in [2.24, 2.45) is 7.05 Å². The second-order valence-corrected chi connectivity index (χ2v) is 5.49. The van der Waals surface area contributed by atoms with Crippen molar-refractivity contribution in [3.63, 3.8) is 0 Å². The van der Waals surface area contributed by atoms with E-state index in [-0.39, 0.29) is 11.6 Å². The molecule has 122 valence electrons. The van der Waals surface area contributed by atoms with E-state index in [1.54, 1.807) is 48.3 Å². The predicted molar refractivity (Wildman–Crippen MR) is 88.2 cm³/mol. The molecule has 0 aliphatic heterocycles. The summed E-state index contributed by atoms with van der Waals surface area (Å²) < 4.78 is 6.57. The van der Waals surface area contributed by atoms with E-state index in [1.165, 1.54) is 0 Å². The van der Waals surface area contributed by atoms with Crippen LogP contribution >= 0.6 is 11.6 Å². The number of aryl methyl sites for hydroxylation is 2. The Labute approximate surface area is 142 Å². The highest BCUT2D eigenvalue weighted by molar-refractivity contribution is 6.29. The third-order valence-corrected chi connectivity index (χ3v) is 3.43. The average Bonchev–Trinajstić information content (AvgIpc) is 3.16. The topological polar surface area (TPSA) is 85.8 Å². The second-order valence-electron chi connectivity index (χ2n) is 5.10. The molecular formula is C16H14ClN5O2. The molecule has 0 aromatic carbocycles. The SMILES string of the molecule is Cc1cc(C(=O)N/C=C(/c2cnn(C)c2)c2cccc(Cl)n2)no1. The standard InChI is InChI=1S/C16H14ClN5O2/c1-10-6-14(21-24-10)16(23)18-8-12(11-7-19-22(2)9-11)13-4-3-5-15(17)20-13/h3-9H,1-2H3,(H,18,23)/b12-8-. The molecule has 0 spiro atoms. The highest BCUT2D eigenvalue weighted by Gasteiger charge is 2.13. The quantitative estimate of drug-likeness (QED) is 0.736. The molecule has 7 nitrogen and oxygen atoms in total. The first kappa shape index (κ1) is 15.9. The van der Waals surface area contributed by atoms with E-state index in [1.807, 2.05) is 13.2 Å². The van der Waals surface area contributed by atoms with Crippen molar-refractivity contribution in [3.05, 3.63) is 70.7 Å². The van der Waals surface area contributed by atoms with E-state index in [0.717, 1.165) is 5.56 Å². The third kappa shape index (κ3) is 3.52. The molecule has 3 rings (SSSR count). The molecule has 0 unspecified atom stereocenters. The van der Waals surface area contributed by atoms with Gasteiger partial charge in [-0.25, -0.2) is 4.98 Å². The third-order valence-electron chi connectivity index (χ3n) is 3.22. The highest BCUT2D eigenvalue weighted by atomic mass is 35.5. The summed E-state index contributed by atoms with van der Waals surface area (Å²) in [5, 5.41) is 10.9. The Morgan fingerprint density at radius 2 is 2.21 bits per heavy atom. The molecule has 3 aromatic heterocycles. The lowest BCUT2D eigenvalue weighted by atomic mass is 10.1. The van der Waals surface area contributed by atoms with Gasteiger partial charge in [-0.3, -0.25) is 9.48 Å². The van der Waals surface area contributed by atoms with Crippen molar-refractivity contribution >= 4 is 23.1 Å². The monoisotopic (exact) mass is 343 g/mol. The Morgan fingerprint density at radius 1 is 1.38 bits per heavy atom. The molecule has 24 heavy (non-hydrogen) atoms. The zero-order valence-corrected chi connectivity index (χ0v) is 13.8. The summed E-state index contributed by atoms with van der Waals surface area (Å²) in [4.78, 5) is 16.4. The van der Waals surface area contributed by atoms with E-state index in [0.29, 0.717) is 22.2 Å². The lowest BCUT2D eigenvalue weighted by Gasteiger charge is -2.06. The van der Waals surface area contributed by atoms with E-state index < -0.39 is 0 Å². The number of halogens is 1. The van der Waals surface area contributed by atoms with Gasteiger partial charge >= 0.3 is 0 Å². The van der Waals surface area contributed by atoms with Crippen LogP contribution < -0.4 is 5.32 Å². The predicted octanol–water partition coefficient (Wildman–Crippen LogP) is 2.58. The highest BCUT2D eigenvalue weighted by Crippen LogP contribution is 2.22. The molecule has 1 amide bonds. The number of hydrogen-bond acceptors (Lipinski definition) is 5. The maximum atomic E-state index is 12.2. The molecule has 0 aliphatic carbocycles. The van der Waals surface area contributed by atoms with E-state index >= 15 is 0 Å². The number of carbonyl (C=O) groups excluding carboxylic acids is 1. The first-order valence-electron chi connectivity index (χ1n) is 7.09. The van der Waals surface area contributed by atoms with Crippen molar-refractivity contribution in [1.29, 1.82) is 0 Å². The van der Waals surface area contributed by atoms with Gasteiger partial charge in [0, 0.05) is 36.6 Å². The molecule has 0 saturated carbocycles. The molecule has 0 bridgehead atoms. The number of carbonyl (C=O) groups is 1. The van der Waals surface area contributed by atoms with Gasteiger partial charge in [0.1, 0.15) is 10.9 Å². The maximum absolute atomic E-state index is 12.2. The van der Waals surface area contributed by atoms with Crippen molar-refractivity contribution in [2.45, 2.75) is 6.92 Å². The van der Waals surface area contributed by atoms with E-state index in [9.17, 15) is 4.79 Å². The summed E-state index contributed by atoms with van der Waals surface area (Å²) in [5.41, 5.74) is 2.29. The van der Waals surface area contributed by atoms with Gasteiger partial charge < -0.3 is 9.84 Å². The van der Waals surface area contributed by atoms with Crippen LogP contribution in [0.3, 0.4) is 0 Å². The lowest BCUT2D eigenvalue weighted by molar-refractivity contribution is 0.0961. The zero-order valence-electron chi connectivity index (χ0n) is 13.0. The van der Waals surface area contributed by atoms with Gasteiger partial charge in [-0.05, 0) is 19.1 Å². The van der Waals surface area contributed by atoms with Gasteiger partial charge in [0.05, 0.1) is 11.9 Å². The molecule has 3 heterocycles. The Bertz CT molecular complexity index is 913. The number of amides is 1.